The summed E-state index contributed by atoms with van der Waals surface area (Å²) >= 11 is 10.9. The maximum absolute atomic E-state index is 13.0. The van der Waals surface area contributed by atoms with Crippen LogP contribution in [0.15, 0.2) is 12.1 Å². The van der Waals surface area contributed by atoms with E-state index >= 15 is 0 Å². The van der Waals surface area contributed by atoms with Crippen molar-refractivity contribution in [2.75, 3.05) is 0 Å². The first-order valence-electron chi connectivity index (χ1n) is 3.36. The smallest absolute Gasteiger partial charge is 0.307 e. The van der Waals surface area contributed by atoms with E-state index in [-0.39, 0.29) is 22.0 Å². The number of halogens is 3. The maximum Gasteiger partial charge on any atom is 0.307 e. The van der Waals surface area contributed by atoms with Crippen molar-refractivity contribution in [1.82, 2.24) is 0 Å². The van der Waals surface area contributed by atoms with Gasteiger partial charge in [-0.15, -0.1) is 0 Å². The second-order valence-electron chi connectivity index (χ2n) is 2.40. The number of aliphatic carboxylic acids is 1. The molecule has 1 rings (SSSR count). The normalized spacial score (nSPS) is 10.1. The predicted octanol–water partition coefficient (Wildman–Crippen LogP) is 2.76. The third kappa shape index (κ3) is 2.32. The summed E-state index contributed by atoms with van der Waals surface area (Å²) in [4.78, 5) is 10.3. The number of carboxylic acid groups (broad SMARTS) is 1. The summed E-state index contributed by atoms with van der Waals surface area (Å²) in [5.74, 6) is -1.84. The molecule has 0 aromatic heterocycles. The van der Waals surface area contributed by atoms with Crippen LogP contribution in [-0.2, 0) is 11.2 Å². The summed E-state index contributed by atoms with van der Waals surface area (Å²) in [6, 6.07) is 2.67. The molecule has 5 heteroatoms. The Balaban J connectivity index is 3.10. The summed E-state index contributed by atoms with van der Waals surface area (Å²) in [7, 11) is 0. The molecule has 0 unspecified atom stereocenters. The summed E-state index contributed by atoms with van der Waals surface area (Å²) in [6.07, 6.45) is -0.313. The Morgan fingerprint density at radius 3 is 2.62 bits per heavy atom. The third-order valence-electron chi connectivity index (χ3n) is 1.46. The molecule has 0 atom stereocenters. The molecule has 0 aliphatic heterocycles. The summed E-state index contributed by atoms with van der Waals surface area (Å²) in [5, 5.41) is 8.10. The Kier molecular flexibility index (Phi) is 3.12. The fourth-order valence-electron chi connectivity index (χ4n) is 0.865. The van der Waals surface area contributed by atoms with Crippen molar-refractivity contribution in [1.29, 1.82) is 0 Å². The molecule has 1 aromatic rings. The molecule has 0 radical (unpaired) electrons. The van der Waals surface area contributed by atoms with E-state index < -0.39 is 11.8 Å². The molecule has 0 aliphatic carbocycles. The monoisotopic (exact) mass is 222 g/mol. The van der Waals surface area contributed by atoms with E-state index in [0.29, 0.717) is 0 Å². The minimum Gasteiger partial charge on any atom is -0.481 e. The number of benzene rings is 1. The van der Waals surface area contributed by atoms with Crippen LogP contribution in [0.2, 0.25) is 10.0 Å². The average molecular weight is 223 g/mol. The van der Waals surface area contributed by atoms with Gasteiger partial charge >= 0.3 is 5.97 Å². The van der Waals surface area contributed by atoms with Crippen LogP contribution in [-0.4, -0.2) is 11.1 Å². The lowest BCUT2D eigenvalue weighted by atomic mass is 10.1. The van der Waals surface area contributed by atoms with Gasteiger partial charge in [0.2, 0.25) is 0 Å². The molecule has 0 spiro atoms. The second kappa shape index (κ2) is 3.94. The SMILES string of the molecule is O=C(O)Cc1ccc(Cl)c(F)c1Cl. The van der Waals surface area contributed by atoms with Gasteiger partial charge in [-0.2, -0.15) is 0 Å². The molecule has 0 fully saturated rings. The van der Waals surface area contributed by atoms with Gasteiger partial charge in [0.05, 0.1) is 16.5 Å². The van der Waals surface area contributed by atoms with Crippen molar-refractivity contribution in [3.05, 3.63) is 33.6 Å². The van der Waals surface area contributed by atoms with Gasteiger partial charge in [0, 0.05) is 0 Å². The molecule has 0 saturated carbocycles. The maximum atomic E-state index is 13.0. The molecule has 0 saturated heterocycles. The number of carbonyl (C=O) groups is 1. The highest BCUT2D eigenvalue weighted by Crippen LogP contribution is 2.26. The molecule has 1 aromatic carbocycles. The van der Waals surface area contributed by atoms with Gasteiger partial charge in [-0.1, -0.05) is 29.3 Å². The van der Waals surface area contributed by atoms with Gasteiger partial charge in [0.15, 0.2) is 5.82 Å². The van der Waals surface area contributed by atoms with Crippen LogP contribution in [0, 0.1) is 5.82 Å². The fraction of sp³-hybridized carbons (Fsp3) is 0.125. The molecule has 0 bridgehead atoms. The van der Waals surface area contributed by atoms with Gasteiger partial charge in [-0.05, 0) is 11.6 Å². The summed E-state index contributed by atoms with van der Waals surface area (Å²) in [6.45, 7) is 0. The molecule has 13 heavy (non-hydrogen) atoms. The van der Waals surface area contributed by atoms with Crippen molar-refractivity contribution in [2.24, 2.45) is 0 Å². The van der Waals surface area contributed by atoms with E-state index in [2.05, 4.69) is 0 Å². The van der Waals surface area contributed by atoms with Crippen LogP contribution in [0.5, 0.6) is 0 Å². The summed E-state index contributed by atoms with van der Waals surface area (Å²) in [5.41, 5.74) is 0.219. The standard InChI is InChI=1S/C8H5Cl2FO2/c9-5-2-1-4(3-6(12)13)7(10)8(5)11/h1-2H,3H2,(H,12,13). The van der Waals surface area contributed by atoms with Crippen LogP contribution in [0.25, 0.3) is 0 Å². The molecule has 1 N–H and O–H groups in total. The minimum absolute atomic E-state index is 0.112. The first kappa shape index (κ1) is 10.3. The lowest BCUT2D eigenvalue weighted by Crippen LogP contribution is -2.01. The van der Waals surface area contributed by atoms with Crippen molar-refractivity contribution in [3.8, 4) is 0 Å². The molecule has 0 heterocycles. The molecule has 2 nitrogen and oxygen atoms in total. The van der Waals surface area contributed by atoms with E-state index in [1.54, 1.807) is 0 Å². The van der Waals surface area contributed by atoms with Crippen LogP contribution in [0.4, 0.5) is 4.39 Å². The zero-order chi connectivity index (χ0) is 10.0. The lowest BCUT2D eigenvalue weighted by Gasteiger charge is -2.02. The fourth-order valence-corrected chi connectivity index (χ4v) is 1.30. The first-order valence-corrected chi connectivity index (χ1v) is 4.12. The van der Waals surface area contributed by atoms with Crippen LogP contribution in [0.1, 0.15) is 5.56 Å². The predicted molar refractivity (Wildman–Crippen MR) is 47.8 cm³/mol. The second-order valence-corrected chi connectivity index (χ2v) is 3.19. The molecule has 0 amide bonds. The number of hydrogen-bond donors (Lipinski definition) is 1. The van der Waals surface area contributed by atoms with Crippen molar-refractivity contribution in [3.63, 3.8) is 0 Å². The zero-order valence-corrected chi connectivity index (χ0v) is 7.86. The number of hydrogen-bond acceptors (Lipinski definition) is 1. The lowest BCUT2D eigenvalue weighted by molar-refractivity contribution is -0.136. The summed E-state index contributed by atoms with van der Waals surface area (Å²) < 4.78 is 13.0. The number of carboxylic acids is 1. The van der Waals surface area contributed by atoms with Crippen molar-refractivity contribution >= 4 is 29.2 Å². The van der Waals surface area contributed by atoms with E-state index in [9.17, 15) is 9.18 Å². The Morgan fingerprint density at radius 1 is 1.46 bits per heavy atom. The highest BCUT2D eigenvalue weighted by molar-refractivity contribution is 6.35. The van der Waals surface area contributed by atoms with Crippen molar-refractivity contribution < 1.29 is 14.3 Å². The third-order valence-corrected chi connectivity index (χ3v) is 2.16. The van der Waals surface area contributed by atoms with Gasteiger partial charge in [-0.3, -0.25) is 4.79 Å². The van der Waals surface area contributed by atoms with Crippen LogP contribution in [0.3, 0.4) is 0 Å². The van der Waals surface area contributed by atoms with Crippen molar-refractivity contribution in [2.45, 2.75) is 6.42 Å². The van der Waals surface area contributed by atoms with E-state index in [1.807, 2.05) is 0 Å². The average Bonchev–Trinajstić information content (AvgIpc) is 2.06. The minimum atomic E-state index is -1.07. The topological polar surface area (TPSA) is 37.3 Å². The Bertz CT molecular complexity index is 352. The van der Waals surface area contributed by atoms with E-state index in [1.165, 1.54) is 12.1 Å². The quantitative estimate of drug-likeness (QED) is 0.782. The highest BCUT2D eigenvalue weighted by atomic mass is 35.5. The largest absolute Gasteiger partial charge is 0.481 e. The molecule has 0 aliphatic rings. The molecular formula is C8H5Cl2FO2. The Morgan fingerprint density at radius 2 is 2.08 bits per heavy atom. The van der Waals surface area contributed by atoms with E-state index in [4.69, 9.17) is 28.3 Å². The van der Waals surface area contributed by atoms with E-state index in [0.717, 1.165) is 0 Å². The molecule has 70 valence electrons. The Hall–Kier alpha value is -0.800. The number of rotatable bonds is 2. The zero-order valence-electron chi connectivity index (χ0n) is 6.35. The van der Waals surface area contributed by atoms with Gasteiger partial charge in [0.1, 0.15) is 0 Å². The Labute approximate surface area is 83.9 Å². The first-order chi connectivity index (χ1) is 6.02. The molecular weight excluding hydrogens is 218 g/mol. The van der Waals surface area contributed by atoms with Gasteiger partial charge in [0.25, 0.3) is 0 Å². The van der Waals surface area contributed by atoms with Crippen LogP contribution < -0.4 is 0 Å². The van der Waals surface area contributed by atoms with Gasteiger partial charge in [-0.25, -0.2) is 4.39 Å². The van der Waals surface area contributed by atoms with Gasteiger partial charge < -0.3 is 5.11 Å². The highest BCUT2D eigenvalue weighted by Gasteiger charge is 2.12. The van der Waals surface area contributed by atoms with Crippen LogP contribution >= 0.6 is 23.2 Å².